The fraction of sp³-hybridized carbons (Fsp3) is 0.609. The lowest BCUT2D eigenvalue weighted by Gasteiger charge is -2.47. The number of hydrogen-bond donors (Lipinski definition) is 1. The maximum Gasteiger partial charge on any atom is 0.0658 e. The first-order chi connectivity index (χ1) is 13.0. The van der Waals surface area contributed by atoms with Crippen molar-refractivity contribution < 1.29 is 4.74 Å². The second kappa shape index (κ2) is 8.47. The van der Waals surface area contributed by atoms with Gasteiger partial charge in [-0.3, -0.25) is 4.99 Å². The van der Waals surface area contributed by atoms with Gasteiger partial charge in [0.15, 0.2) is 0 Å². The van der Waals surface area contributed by atoms with Gasteiger partial charge >= 0.3 is 0 Å². The first-order valence-electron chi connectivity index (χ1n) is 10.3. The quantitative estimate of drug-likeness (QED) is 0.576. The van der Waals surface area contributed by atoms with Gasteiger partial charge in [-0.25, -0.2) is 0 Å². The number of nitrogens with two attached hydrogens (primary N) is 1. The van der Waals surface area contributed by atoms with E-state index in [9.17, 15) is 0 Å². The van der Waals surface area contributed by atoms with Gasteiger partial charge < -0.3 is 15.4 Å². The van der Waals surface area contributed by atoms with Crippen molar-refractivity contribution in [2.75, 3.05) is 32.2 Å². The molecule has 1 heterocycles. The normalized spacial score (nSPS) is 26.1. The number of fused-ring (bicyclic) bond motifs is 1. The Balaban J connectivity index is 1.95. The van der Waals surface area contributed by atoms with Gasteiger partial charge in [-0.2, -0.15) is 0 Å². The largest absolute Gasteiger partial charge is 0.404 e. The lowest BCUT2D eigenvalue weighted by Crippen LogP contribution is -2.46. The van der Waals surface area contributed by atoms with Gasteiger partial charge in [-0.1, -0.05) is 26.8 Å². The van der Waals surface area contributed by atoms with Crippen molar-refractivity contribution in [2.45, 2.75) is 45.6 Å². The molecule has 0 aromatic heterocycles. The third-order valence-electron chi connectivity index (χ3n) is 6.31. The Morgan fingerprint density at radius 1 is 1.37 bits per heavy atom. The minimum atomic E-state index is 0.575. The zero-order valence-corrected chi connectivity index (χ0v) is 17.5. The summed E-state index contributed by atoms with van der Waals surface area (Å²) in [5.41, 5.74) is 10.9. The highest BCUT2D eigenvalue weighted by Crippen LogP contribution is 2.51. The molecule has 3 atom stereocenters. The molecule has 4 heteroatoms. The van der Waals surface area contributed by atoms with Crippen molar-refractivity contribution in [3.05, 3.63) is 35.5 Å². The Labute approximate surface area is 164 Å². The van der Waals surface area contributed by atoms with E-state index in [1.165, 1.54) is 24.1 Å². The first-order valence-corrected chi connectivity index (χ1v) is 10.3. The molecule has 1 aromatic carbocycles. The van der Waals surface area contributed by atoms with Crippen molar-refractivity contribution >= 4 is 17.5 Å². The smallest absolute Gasteiger partial charge is 0.0658 e. The molecule has 1 fully saturated rings. The molecule has 1 aliphatic heterocycles. The highest BCUT2D eigenvalue weighted by atomic mass is 16.5. The highest BCUT2D eigenvalue weighted by molar-refractivity contribution is 6.09. The molecule has 2 aliphatic rings. The molecule has 3 rings (SSSR count). The Bertz CT molecular complexity index is 706. The maximum atomic E-state index is 5.92. The van der Waals surface area contributed by atoms with E-state index in [2.05, 4.69) is 55.9 Å². The Morgan fingerprint density at radius 3 is 2.70 bits per heavy atom. The van der Waals surface area contributed by atoms with E-state index in [1.807, 2.05) is 6.21 Å². The molecule has 27 heavy (non-hydrogen) atoms. The molecule has 0 saturated heterocycles. The summed E-state index contributed by atoms with van der Waals surface area (Å²) in [7, 11) is 3.97. The lowest BCUT2D eigenvalue weighted by atomic mass is 9.70. The molecule has 2 N–H and O–H groups in total. The number of methoxy groups -OCH3 is 1. The number of hydrogen-bond acceptors (Lipinski definition) is 4. The second-order valence-corrected chi connectivity index (χ2v) is 8.49. The standard InChI is InChI=1S/C23H35N3O/c1-15(2)22-16(3)23(17-6-7-17)26(4)21-9-8-18(12-20(21)22)19(13-24)14-25-10-11-27-5/h8-9,12-17,22-23H,6-7,10-11,24H2,1-5H3/t16-,22?,23?/m0/s1. The van der Waals surface area contributed by atoms with Gasteiger partial charge in [0.05, 0.1) is 13.2 Å². The van der Waals surface area contributed by atoms with Crippen molar-refractivity contribution in [3.63, 3.8) is 0 Å². The van der Waals surface area contributed by atoms with Crippen LogP contribution in [0.4, 0.5) is 5.69 Å². The third-order valence-corrected chi connectivity index (χ3v) is 6.31. The van der Waals surface area contributed by atoms with Crippen LogP contribution < -0.4 is 10.6 Å². The number of ether oxygens (including phenoxy) is 1. The Kier molecular flexibility index (Phi) is 6.25. The van der Waals surface area contributed by atoms with Gasteiger partial charge in [0.25, 0.3) is 0 Å². The van der Waals surface area contributed by atoms with Crippen LogP contribution in [-0.2, 0) is 4.74 Å². The van der Waals surface area contributed by atoms with Crippen molar-refractivity contribution in [1.29, 1.82) is 0 Å². The van der Waals surface area contributed by atoms with Gasteiger partial charge in [0.2, 0.25) is 0 Å². The molecule has 0 radical (unpaired) electrons. The third kappa shape index (κ3) is 4.06. The molecular formula is C23H35N3O. The molecule has 0 spiro atoms. The highest BCUT2D eigenvalue weighted by Gasteiger charge is 2.45. The SMILES string of the molecule is COCCN=CC(=CN)c1ccc2c(c1)C(C(C)C)[C@H](C)C(C1CC1)N2C. The summed E-state index contributed by atoms with van der Waals surface area (Å²) in [6.07, 6.45) is 6.30. The van der Waals surface area contributed by atoms with Gasteiger partial charge in [0.1, 0.15) is 0 Å². The number of nitrogens with zero attached hydrogens (tertiary/aromatic N) is 2. The van der Waals surface area contributed by atoms with Gasteiger partial charge in [-0.05, 0) is 59.8 Å². The summed E-state index contributed by atoms with van der Waals surface area (Å²) in [6, 6.07) is 7.48. The molecule has 1 aromatic rings. The van der Waals surface area contributed by atoms with E-state index < -0.39 is 0 Å². The van der Waals surface area contributed by atoms with Crippen LogP contribution in [0.25, 0.3) is 5.57 Å². The second-order valence-electron chi connectivity index (χ2n) is 8.49. The van der Waals surface area contributed by atoms with Crippen molar-refractivity contribution in [1.82, 2.24) is 0 Å². The van der Waals surface area contributed by atoms with Crippen LogP contribution >= 0.6 is 0 Å². The minimum Gasteiger partial charge on any atom is -0.404 e. The van der Waals surface area contributed by atoms with Crippen LogP contribution in [0, 0.1) is 17.8 Å². The van der Waals surface area contributed by atoms with E-state index in [4.69, 9.17) is 10.5 Å². The summed E-state index contributed by atoms with van der Waals surface area (Å²) in [5.74, 6) is 2.72. The van der Waals surface area contributed by atoms with Crippen molar-refractivity contribution in [2.24, 2.45) is 28.5 Å². The van der Waals surface area contributed by atoms with Crippen LogP contribution in [0.1, 0.15) is 50.7 Å². The van der Waals surface area contributed by atoms with Crippen molar-refractivity contribution in [3.8, 4) is 0 Å². The lowest BCUT2D eigenvalue weighted by molar-refractivity contribution is 0.208. The number of anilines is 1. The van der Waals surface area contributed by atoms with Crippen LogP contribution in [0.2, 0.25) is 0 Å². The van der Waals surface area contributed by atoms with Crippen LogP contribution in [0.5, 0.6) is 0 Å². The average molecular weight is 370 g/mol. The topological polar surface area (TPSA) is 50.9 Å². The Hall–Kier alpha value is -1.81. The van der Waals surface area contributed by atoms with E-state index in [0.29, 0.717) is 36.9 Å². The van der Waals surface area contributed by atoms with E-state index >= 15 is 0 Å². The molecule has 0 bridgehead atoms. The number of allylic oxidation sites excluding steroid dienone is 1. The summed E-state index contributed by atoms with van der Waals surface area (Å²) in [6.45, 7) is 8.44. The fourth-order valence-electron chi connectivity index (χ4n) is 5.00. The number of benzene rings is 1. The molecule has 148 valence electrons. The maximum absolute atomic E-state index is 5.92. The molecule has 1 aliphatic carbocycles. The zero-order chi connectivity index (χ0) is 19.6. The summed E-state index contributed by atoms with van der Waals surface area (Å²) in [5, 5.41) is 0. The molecule has 1 saturated carbocycles. The average Bonchev–Trinajstić information content (AvgIpc) is 3.46. The predicted molar refractivity (Wildman–Crippen MR) is 115 cm³/mol. The first kappa shape index (κ1) is 19.9. The minimum absolute atomic E-state index is 0.575. The predicted octanol–water partition coefficient (Wildman–Crippen LogP) is 4.31. The number of aliphatic imine (C=N–C) groups is 1. The summed E-state index contributed by atoms with van der Waals surface area (Å²) < 4.78 is 5.07. The van der Waals surface area contributed by atoms with Crippen LogP contribution in [0.3, 0.4) is 0 Å². The van der Waals surface area contributed by atoms with E-state index in [1.54, 1.807) is 13.3 Å². The fourth-order valence-corrected chi connectivity index (χ4v) is 5.00. The molecular weight excluding hydrogens is 334 g/mol. The zero-order valence-electron chi connectivity index (χ0n) is 17.5. The van der Waals surface area contributed by atoms with Crippen LogP contribution in [-0.4, -0.2) is 39.6 Å². The molecule has 0 amide bonds. The summed E-state index contributed by atoms with van der Waals surface area (Å²) >= 11 is 0. The summed E-state index contributed by atoms with van der Waals surface area (Å²) in [4.78, 5) is 6.98. The monoisotopic (exact) mass is 369 g/mol. The molecule has 4 nitrogen and oxygen atoms in total. The van der Waals surface area contributed by atoms with Crippen LogP contribution in [0.15, 0.2) is 29.4 Å². The van der Waals surface area contributed by atoms with E-state index in [-0.39, 0.29) is 0 Å². The number of rotatable bonds is 7. The van der Waals surface area contributed by atoms with Gasteiger partial charge in [0, 0.05) is 43.9 Å². The van der Waals surface area contributed by atoms with Gasteiger partial charge in [-0.15, -0.1) is 0 Å². The molecule has 2 unspecified atom stereocenters. The Morgan fingerprint density at radius 2 is 2.11 bits per heavy atom. The van der Waals surface area contributed by atoms with E-state index in [0.717, 1.165) is 17.1 Å².